The fourth-order valence-corrected chi connectivity index (χ4v) is 4.04. The van der Waals surface area contributed by atoms with Crippen molar-refractivity contribution in [2.75, 3.05) is 31.1 Å². The van der Waals surface area contributed by atoms with Crippen molar-refractivity contribution in [3.8, 4) is 0 Å². The Morgan fingerprint density at radius 3 is 2.81 bits per heavy atom. The summed E-state index contributed by atoms with van der Waals surface area (Å²) in [6.07, 6.45) is 7.45. The van der Waals surface area contributed by atoms with Crippen molar-refractivity contribution in [3.05, 3.63) is 47.7 Å². The Balaban J connectivity index is 1.29. The molecule has 1 aromatic carbocycles. The molecule has 5 rings (SSSR count). The Labute approximate surface area is 157 Å². The number of piperazine rings is 1. The van der Waals surface area contributed by atoms with Gasteiger partial charge in [0.1, 0.15) is 6.33 Å². The summed E-state index contributed by atoms with van der Waals surface area (Å²) >= 11 is 0. The molecule has 0 atom stereocenters. The van der Waals surface area contributed by atoms with Crippen LogP contribution in [0.15, 0.2) is 35.2 Å². The summed E-state index contributed by atoms with van der Waals surface area (Å²) in [4.78, 5) is 25.5. The number of anilines is 1. The van der Waals surface area contributed by atoms with Crippen LogP contribution in [0.2, 0.25) is 0 Å². The van der Waals surface area contributed by atoms with E-state index in [9.17, 15) is 4.79 Å². The Morgan fingerprint density at radius 1 is 1.07 bits per heavy atom. The van der Waals surface area contributed by atoms with Crippen LogP contribution >= 0.6 is 0 Å². The van der Waals surface area contributed by atoms with Crippen LogP contribution in [0.25, 0.3) is 10.9 Å². The van der Waals surface area contributed by atoms with E-state index in [-0.39, 0.29) is 5.91 Å². The van der Waals surface area contributed by atoms with E-state index in [0.29, 0.717) is 18.8 Å². The lowest BCUT2D eigenvalue weighted by Gasteiger charge is -2.35. The van der Waals surface area contributed by atoms with Crippen LogP contribution in [0, 0.1) is 0 Å². The second-order valence-electron chi connectivity index (χ2n) is 7.19. The van der Waals surface area contributed by atoms with Crippen LogP contribution in [-0.2, 0) is 12.8 Å². The number of nitrogens with zero attached hydrogens (tertiary/aromatic N) is 5. The van der Waals surface area contributed by atoms with Crippen LogP contribution in [0.4, 0.5) is 5.69 Å². The summed E-state index contributed by atoms with van der Waals surface area (Å²) in [5.74, 6) is 0.443. The Hall–Kier alpha value is -2.96. The number of hydrogen-bond acceptors (Lipinski definition) is 6. The first-order valence-electron chi connectivity index (χ1n) is 9.51. The number of amides is 1. The molecule has 7 heteroatoms. The minimum atomic E-state index is -0.0165. The van der Waals surface area contributed by atoms with E-state index in [1.807, 2.05) is 17.2 Å². The molecule has 0 radical (unpaired) electrons. The van der Waals surface area contributed by atoms with Gasteiger partial charge in [-0.1, -0.05) is 5.16 Å². The average Bonchev–Trinajstić information content (AvgIpc) is 3.17. The Morgan fingerprint density at radius 2 is 1.93 bits per heavy atom. The molecule has 27 heavy (non-hydrogen) atoms. The summed E-state index contributed by atoms with van der Waals surface area (Å²) in [6, 6.07) is 6.21. The maximum Gasteiger partial charge on any atom is 0.292 e. The quantitative estimate of drug-likeness (QED) is 0.696. The minimum Gasteiger partial charge on any atom is -0.368 e. The molecule has 1 saturated heterocycles. The number of carbonyl (C=O) groups excluding carboxylic acids is 1. The largest absolute Gasteiger partial charge is 0.368 e. The molecule has 2 aromatic heterocycles. The van der Waals surface area contributed by atoms with Gasteiger partial charge in [-0.15, -0.1) is 0 Å². The van der Waals surface area contributed by atoms with Gasteiger partial charge in [0.15, 0.2) is 0 Å². The summed E-state index contributed by atoms with van der Waals surface area (Å²) in [5.41, 5.74) is 4.09. The van der Waals surface area contributed by atoms with Gasteiger partial charge in [-0.25, -0.2) is 9.97 Å². The van der Waals surface area contributed by atoms with E-state index >= 15 is 0 Å². The lowest BCUT2D eigenvalue weighted by atomic mass is 9.96. The normalized spacial score (nSPS) is 17.2. The smallest absolute Gasteiger partial charge is 0.292 e. The highest BCUT2D eigenvalue weighted by molar-refractivity contribution is 5.93. The van der Waals surface area contributed by atoms with Gasteiger partial charge >= 0.3 is 0 Å². The van der Waals surface area contributed by atoms with E-state index in [2.05, 4.69) is 32.2 Å². The third-order valence-electron chi connectivity index (χ3n) is 5.57. The highest BCUT2D eigenvalue weighted by atomic mass is 16.5. The molecule has 7 nitrogen and oxygen atoms in total. The van der Waals surface area contributed by atoms with Crippen molar-refractivity contribution in [1.82, 2.24) is 20.0 Å². The maximum absolute atomic E-state index is 12.9. The first-order chi connectivity index (χ1) is 13.3. The van der Waals surface area contributed by atoms with Gasteiger partial charge in [0.25, 0.3) is 5.91 Å². The molecule has 2 aliphatic rings. The Kier molecular flexibility index (Phi) is 3.99. The number of hydrogen-bond donors (Lipinski definition) is 0. The summed E-state index contributed by atoms with van der Waals surface area (Å²) in [7, 11) is 0. The Bertz CT molecular complexity index is 991. The van der Waals surface area contributed by atoms with Gasteiger partial charge in [0, 0.05) is 49.0 Å². The molecule has 1 amide bonds. The van der Waals surface area contributed by atoms with Gasteiger partial charge in [-0.05, 0) is 43.9 Å². The number of aromatic nitrogens is 3. The van der Waals surface area contributed by atoms with Crippen molar-refractivity contribution < 1.29 is 9.32 Å². The number of benzene rings is 1. The van der Waals surface area contributed by atoms with Gasteiger partial charge in [0.05, 0.1) is 11.2 Å². The van der Waals surface area contributed by atoms with Crippen molar-refractivity contribution >= 4 is 22.5 Å². The molecule has 138 valence electrons. The SMILES string of the molecule is O=C(c1onc2c1CCCC2)N1CCN(c2ccc3ncncc3c2)CC1. The summed E-state index contributed by atoms with van der Waals surface area (Å²) in [5, 5.41) is 5.15. The molecule has 3 heterocycles. The zero-order chi connectivity index (χ0) is 18.2. The van der Waals surface area contributed by atoms with Gasteiger partial charge in [-0.2, -0.15) is 0 Å². The third-order valence-corrected chi connectivity index (χ3v) is 5.57. The molecular formula is C20H21N5O2. The van der Waals surface area contributed by atoms with E-state index in [4.69, 9.17) is 4.52 Å². The van der Waals surface area contributed by atoms with Gasteiger partial charge in [-0.3, -0.25) is 4.79 Å². The molecule has 0 saturated carbocycles. The molecule has 1 aliphatic heterocycles. The minimum absolute atomic E-state index is 0.0165. The van der Waals surface area contributed by atoms with Crippen LogP contribution < -0.4 is 4.90 Å². The summed E-state index contributed by atoms with van der Waals surface area (Å²) in [6.45, 7) is 2.94. The second kappa shape index (κ2) is 6.64. The monoisotopic (exact) mass is 363 g/mol. The molecular weight excluding hydrogens is 342 g/mol. The maximum atomic E-state index is 12.9. The highest BCUT2D eigenvalue weighted by Crippen LogP contribution is 2.26. The fourth-order valence-electron chi connectivity index (χ4n) is 4.04. The molecule has 1 aliphatic carbocycles. The van der Waals surface area contributed by atoms with E-state index in [0.717, 1.165) is 66.6 Å². The van der Waals surface area contributed by atoms with Crippen LogP contribution in [0.5, 0.6) is 0 Å². The standard InChI is InChI=1S/C20H21N5O2/c26-20(19-16-3-1-2-4-18(16)23-27-19)25-9-7-24(8-10-25)15-5-6-17-14(11-15)12-21-13-22-17/h5-6,11-13H,1-4,7-10H2. The van der Waals surface area contributed by atoms with Crippen LogP contribution in [0.1, 0.15) is 34.7 Å². The number of carbonyl (C=O) groups is 1. The van der Waals surface area contributed by atoms with Crippen LogP contribution in [-0.4, -0.2) is 52.1 Å². The first kappa shape index (κ1) is 16.2. The third kappa shape index (κ3) is 2.93. The zero-order valence-corrected chi connectivity index (χ0v) is 15.1. The molecule has 1 fully saturated rings. The lowest BCUT2D eigenvalue weighted by molar-refractivity contribution is 0.0703. The topological polar surface area (TPSA) is 75.4 Å². The van der Waals surface area contributed by atoms with Crippen molar-refractivity contribution in [3.63, 3.8) is 0 Å². The highest BCUT2D eigenvalue weighted by Gasteiger charge is 2.29. The molecule has 0 spiro atoms. The first-order valence-corrected chi connectivity index (χ1v) is 9.51. The second-order valence-corrected chi connectivity index (χ2v) is 7.19. The number of fused-ring (bicyclic) bond motifs is 2. The molecule has 0 N–H and O–H groups in total. The predicted octanol–water partition coefficient (Wildman–Crippen LogP) is 2.46. The number of aryl methyl sites for hydroxylation is 1. The zero-order valence-electron chi connectivity index (χ0n) is 15.1. The van der Waals surface area contributed by atoms with Crippen molar-refractivity contribution in [2.24, 2.45) is 0 Å². The molecule has 0 bridgehead atoms. The lowest BCUT2D eigenvalue weighted by Crippen LogP contribution is -2.48. The fraction of sp³-hybridized carbons (Fsp3) is 0.400. The van der Waals surface area contributed by atoms with Crippen molar-refractivity contribution in [1.29, 1.82) is 0 Å². The average molecular weight is 363 g/mol. The van der Waals surface area contributed by atoms with Gasteiger partial charge in [0.2, 0.25) is 5.76 Å². The van der Waals surface area contributed by atoms with E-state index in [1.54, 1.807) is 6.33 Å². The van der Waals surface area contributed by atoms with Gasteiger partial charge < -0.3 is 14.3 Å². The van der Waals surface area contributed by atoms with E-state index in [1.165, 1.54) is 0 Å². The van der Waals surface area contributed by atoms with Crippen molar-refractivity contribution in [2.45, 2.75) is 25.7 Å². The molecule has 0 unspecified atom stereocenters. The molecule has 3 aromatic rings. The number of rotatable bonds is 2. The van der Waals surface area contributed by atoms with E-state index < -0.39 is 0 Å². The predicted molar refractivity (Wildman–Crippen MR) is 101 cm³/mol. The summed E-state index contributed by atoms with van der Waals surface area (Å²) < 4.78 is 5.42. The van der Waals surface area contributed by atoms with Crippen LogP contribution in [0.3, 0.4) is 0 Å².